The number of aromatic nitrogens is 3. The number of nitrogens with one attached hydrogen (secondary N) is 1. The van der Waals surface area contributed by atoms with Crippen LogP contribution in [0, 0.1) is 0 Å². The number of anilines is 1. The van der Waals surface area contributed by atoms with Gasteiger partial charge in [-0.2, -0.15) is 0 Å². The molecule has 2 heterocycles. The molecule has 0 bridgehead atoms. The smallest absolute Gasteiger partial charge is 0.234 e. The van der Waals surface area contributed by atoms with Crippen LogP contribution < -0.4 is 11.1 Å². The number of para-hydroxylation sites is 1. The molecule has 0 aliphatic heterocycles. The zero-order valence-corrected chi connectivity index (χ0v) is 18.8. The van der Waals surface area contributed by atoms with E-state index in [1.54, 1.807) is 0 Å². The Morgan fingerprint density at radius 2 is 1.93 bits per heavy atom. The summed E-state index contributed by atoms with van der Waals surface area (Å²) < 4.78 is 1.84. The summed E-state index contributed by atoms with van der Waals surface area (Å²) in [6, 6.07) is 11.7. The lowest BCUT2D eigenvalue weighted by Gasteiger charge is -2.23. The van der Waals surface area contributed by atoms with Gasteiger partial charge >= 0.3 is 0 Å². The zero-order chi connectivity index (χ0) is 21.7. The number of hydrogen-bond donors (Lipinski definition) is 2. The van der Waals surface area contributed by atoms with E-state index in [1.807, 2.05) is 46.3 Å². The second-order valence-electron chi connectivity index (χ2n) is 7.78. The number of amides is 2. The van der Waals surface area contributed by atoms with E-state index in [0.717, 1.165) is 16.1 Å². The maximum Gasteiger partial charge on any atom is 0.234 e. The molecule has 0 radical (unpaired) electrons. The maximum atomic E-state index is 12.6. The van der Waals surface area contributed by atoms with E-state index in [1.165, 1.54) is 23.1 Å². The van der Waals surface area contributed by atoms with Crippen molar-refractivity contribution >= 4 is 40.6 Å². The Labute approximate surface area is 184 Å². The van der Waals surface area contributed by atoms with Crippen LogP contribution in [-0.4, -0.2) is 32.3 Å². The summed E-state index contributed by atoms with van der Waals surface area (Å²) in [5.41, 5.74) is 7.13. The van der Waals surface area contributed by atoms with E-state index in [2.05, 4.69) is 36.3 Å². The fourth-order valence-corrected chi connectivity index (χ4v) is 4.45. The molecule has 3 rings (SSSR count). The van der Waals surface area contributed by atoms with Crippen LogP contribution in [0.3, 0.4) is 0 Å². The Morgan fingerprint density at radius 3 is 2.60 bits per heavy atom. The van der Waals surface area contributed by atoms with Crippen LogP contribution in [0.15, 0.2) is 46.9 Å². The Morgan fingerprint density at radius 1 is 1.17 bits per heavy atom. The molecule has 158 valence electrons. The van der Waals surface area contributed by atoms with Crippen molar-refractivity contribution in [3.63, 3.8) is 0 Å². The predicted molar refractivity (Wildman–Crippen MR) is 122 cm³/mol. The summed E-state index contributed by atoms with van der Waals surface area (Å²) >= 11 is 2.83. The molecular formula is C21H25N5O2S2. The number of hydrogen-bond acceptors (Lipinski definition) is 6. The molecular weight excluding hydrogens is 418 g/mol. The number of carbonyl (C=O) groups is 2. The molecule has 0 saturated heterocycles. The van der Waals surface area contributed by atoms with Gasteiger partial charge in [-0.1, -0.05) is 56.8 Å². The molecule has 0 fully saturated rings. The van der Waals surface area contributed by atoms with Crippen molar-refractivity contribution in [3.8, 4) is 10.7 Å². The van der Waals surface area contributed by atoms with Crippen molar-refractivity contribution in [1.82, 2.24) is 14.8 Å². The minimum absolute atomic E-state index is 0.0818. The molecule has 2 amide bonds. The molecule has 0 aliphatic carbocycles. The number of nitrogens with two attached hydrogens (primary N) is 1. The molecule has 0 unspecified atom stereocenters. The SMILES string of the molecule is CC(C)(C)c1ccccc1NC(=O)CSc1nnc(-c2cccs2)n1CCC(N)=O. The summed E-state index contributed by atoms with van der Waals surface area (Å²) in [5.74, 6) is 0.330. The lowest BCUT2D eigenvalue weighted by Crippen LogP contribution is -2.20. The number of rotatable bonds is 8. The second-order valence-corrected chi connectivity index (χ2v) is 9.67. The van der Waals surface area contributed by atoms with Gasteiger partial charge in [0, 0.05) is 18.7 Å². The second kappa shape index (κ2) is 9.44. The normalized spacial score (nSPS) is 11.4. The van der Waals surface area contributed by atoms with Gasteiger partial charge in [-0.25, -0.2) is 0 Å². The topological polar surface area (TPSA) is 103 Å². The first-order valence-electron chi connectivity index (χ1n) is 9.53. The lowest BCUT2D eigenvalue weighted by molar-refractivity contribution is -0.118. The Hall–Kier alpha value is -2.65. The number of nitrogens with zero attached hydrogens (tertiary/aromatic N) is 3. The summed E-state index contributed by atoms with van der Waals surface area (Å²) in [6.07, 6.45) is 0.176. The van der Waals surface area contributed by atoms with Crippen LogP contribution in [-0.2, 0) is 21.5 Å². The molecule has 0 atom stereocenters. The van der Waals surface area contributed by atoms with E-state index in [-0.39, 0.29) is 23.5 Å². The molecule has 1 aromatic carbocycles. The number of thiophene rings is 1. The van der Waals surface area contributed by atoms with Crippen molar-refractivity contribution in [2.45, 2.75) is 44.3 Å². The highest BCUT2D eigenvalue weighted by Gasteiger charge is 2.20. The summed E-state index contributed by atoms with van der Waals surface area (Å²) in [5, 5.41) is 14.0. The molecule has 2 aromatic heterocycles. The zero-order valence-electron chi connectivity index (χ0n) is 17.2. The van der Waals surface area contributed by atoms with Gasteiger partial charge in [0.25, 0.3) is 0 Å². The fraction of sp³-hybridized carbons (Fsp3) is 0.333. The highest BCUT2D eigenvalue weighted by atomic mass is 32.2. The van der Waals surface area contributed by atoms with E-state index in [0.29, 0.717) is 17.5 Å². The first-order valence-corrected chi connectivity index (χ1v) is 11.4. The van der Waals surface area contributed by atoms with Crippen molar-refractivity contribution in [2.24, 2.45) is 5.73 Å². The predicted octanol–water partition coefficient (Wildman–Crippen LogP) is 3.91. The third kappa shape index (κ3) is 5.48. The quantitative estimate of drug-likeness (QED) is 0.514. The van der Waals surface area contributed by atoms with E-state index >= 15 is 0 Å². The van der Waals surface area contributed by atoms with Crippen LogP contribution >= 0.6 is 23.1 Å². The van der Waals surface area contributed by atoms with E-state index < -0.39 is 5.91 Å². The highest BCUT2D eigenvalue weighted by molar-refractivity contribution is 7.99. The molecule has 0 aliphatic rings. The van der Waals surface area contributed by atoms with Crippen molar-refractivity contribution in [2.75, 3.05) is 11.1 Å². The monoisotopic (exact) mass is 443 g/mol. The number of thioether (sulfide) groups is 1. The molecule has 30 heavy (non-hydrogen) atoms. The average Bonchev–Trinajstić information content (AvgIpc) is 3.33. The minimum Gasteiger partial charge on any atom is -0.370 e. The van der Waals surface area contributed by atoms with Crippen LogP contribution in [0.4, 0.5) is 5.69 Å². The highest BCUT2D eigenvalue weighted by Crippen LogP contribution is 2.30. The van der Waals surface area contributed by atoms with Crippen molar-refractivity contribution < 1.29 is 9.59 Å². The first-order chi connectivity index (χ1) is 14.3. The van der Waals surface area contributed by atoms with Gasteiger partial charge in [-0.05, 0) is 28.5 Å². The van der Waals surface area contributed by atoms with Crippen LogP contribution in [0.1, 0.15) is 32.8 Å². The summed E-state index contributed by atoms with van der Waals surface area (Å²) in [7, 11) is 0. The Balaban J connectivity index is 1.73. The largest absolute Gasteiger partial charge is 0.370 e. The standard InChI is InChI=1S/C21H25N5O2S2/c1-21(2,3)14-7-4-5-8-15(14)23-18(28)13-30-20-25-24-19(16-9-6-12-29-16)26(20)11-10-17(22)27/h4-9,12H,10-11,13H2,1-3H3,(H2,22,27)(H,23,28). The number of primary amides is 1. The molecule has 0 saturated carbocycles. The van der Waals surface area contributed by atoms with Gasteiger partial charge in [-0.15, -0.1) is 21.5 Å². The molecule has 3 N–H and O–H groups in total. The van der Waals surface area contributed by atoms with Gasteiger partial charge in [0.05, 0.1) is 10.6 Å². The lowest BCUT2D eigenvalue weighted by atomic mass is 9.86. The van der Waals surface area contributed by atoms with E-state index in [4.69, 9.17) is 5.73 Å². The van der Waals surface area contributed by atoms with Crippen LogP contribution in [0.5, 0.6) is 0 Å². The van der Waals surface area contributed by atoms with Gasteiger partial charge in [0.1, 0.15) is 0 Å². The van der Waals surface area contributed by atoms with Gasteiger partial charge in [-0.3, -0.25) is 9.59 Å². The number of carbonyl (C=O) groups excluding carboxylic acids is 2. The van der Waals surface area contributed by atoms with Crippen molar-refractivity contribution in [1.29, 1.82) is 0 Å². The van der Waals surface area contributed by atoms with Crippen molar-refractivity contribution in [3.05, 3.63) is 47.3 Å². The van der Waals surface area contributed by atoms with Gasteiger partial charge in [0.2, 0.25) is 11.8 Å². The summed E-state index contributed by atoms with van der Waals surface area (Å²) in [4.78, 5) is 24.8. The van der Waals surface area contributed by atoms with Crippen LogP contribution in [0.25, 0.3) is 10.7 Å². The maximum absolute atomic E-state index is 12.6. The Kier molecular flexibility index (Phi) is 6.94. The Bertz CT molecular complexity index is 1020. The molecule has 3 aromatic rings. The summed E-state index contributed by atoms with van der Waals surface area (Å²) in [6.45, 7) is 6.70. The third-order valence-electron chi connectivity index (χ3n) is 4.38. The van der Waals surface area contributed by atoms with E-state index in [9.17, 15) is 9.59 Å². The first kappa shape index (κ1) is 22.0. The fourth-order valence-electron chi connectivity index (χ4n) is 2.97. The average molecular weight is 444 g/mol. The third-order valence-corrected chi connectivity index (χ3v) is 6.21. The van der Waals surface area contributed by atoms with Gasteiger partial charge in [0.15, 0.2) is 11.0 Å². The minimum atomic E-state index is -0.395. The van der Waals surface area contributed by atoms with Crippen LogP contribution in [0.2, 0.25) is 0 Å². The molecule has 9 heteroatoms. The van der Waals surface area contributed by atoms with Gasteiger partial charge < -0.3 is 15.6 Å². The molecule has 7 nitrogen and oxygen atoms in total. The number of benzene rings is 1. The molecule has 0 spiro atoms.